The smallest absolute Gasteiger partial charge is 0.343 e. The van der Waals surface area contributed by atoms with Crippen LogP contribution < -0.4 is 0 Å². The maximum Gasteiger partial charge on any atom is 0.343 e. The highest BCUT2D eigenvalue weighted by Gasteiger charge is 2.15. The number of carboxylic acids is 2. The lowest BCUT2D eigenvalue weighted by Crippen LogP contribution is -2.10. The van der Waals surface area contributed by atoms with Gasteiger partial charge in [0.05, 0.1) is 13.2 Å². The van der Waals surface area contributed by atoms with Gasteiger partial charge in [-0.2, -0.15) is 0 Å². The molecule has 4 N–H and O–H groups in total. The minimum Gasteiger partial charge on any atom is -0.477 e. The minimum atomic E-state index is -1.44. The van der Waals surface area contributed by atoms with Crippen LogP contribution in [0.1, 0.15) is 17.0 Å². The molecule has 0 aromatic heterocycles. The quantitative estimate of drug-likeness (QED) is 0.362. The van der Waals surface area contributed by atoms with Gasteiger partial charge < -0.3 is 20.4 Å². The average molecular weight is 344 g/mol. The van der Waals surface area contributed by atoms with Crippen molar-refractivity contribution in [3.05, 3.63) is 77.4 Å². The van der Waals surface area contributed by atoms with Gasteiger partial charge in [0.2, 0.25) is 0 Å². The van der Waals surface area contributed by atoms with Crippen LogP contribution in [-0.4, -0.2) is 45.6 Å². The van der Waals surface area contributed by atoms with Crippen molar-refractivity contribution in [2.24, 2.45) is 0 Å². The maximum absolute atomic E-state index is 10.5. The summed E-state index contributed by atoms with van der Waals surface area (Å²) >= 11 is 0. The van der Waals surface area contributed by atoms with Gasteiger partial charge >= 0.3 is 11.9 Å². The summed E-state index contributed by atoms with van der Waals surface area (Å²) in [6, 6.07) is 17.9. The molecule has 2 aromatic carbocycles. The lowest BCUT2D eigenvalue weighted by molar-refractivity contribution is -0.140. The SMILES string of the molecule is O=C(O)C(=Cc1ccccc1)C(=O)O.OCC(CO)c1ccccc1. The van der Waals surface area contributed by atoms with E-state index in [9.17, 15) is 9.59 Å². The molecule has 25 heavy (non-hydrogen) atoms. The maximum atomic E-state index is 10.5. The molecule has 2 rings (SSSR count). The van der Waals surface area contributed by atoms with Crippen molar-refractivity contribution >= 4 is 18.0 Å². The molecule has 0 heterocycles. The van der Waals surface area contributed by atoms with E-state index in [2.05, 4.69) is 0 Å². The molecule has 0 fully saturated rings. The van der Waals surface area contributed by atoms with Crippen LogP contribution >= 0.6 is 0 Å². The first kappa shape index (κ1) is 20.1. The van der Waals surface area contributed by atoms with Crippen molar-refractivity contribution in [3.63, 3.8) is 0 Å². The van der Waals surface area contributed by atoms with Crippen LogP contribution in [0.5, 0.6) is 0 Å². The standard InChI is InChI=1S/C10H8O4.C9H12O2/c11-9(12)8(10(13)14)6-7-4-2-1-3-5-7;10-6-9(7-11)8-4-2-1-3-5-8/h1-6H,(H,11,12)(H,13,14);1-5,9-11H,6-7H2. The van der Waals surface area contributed by atoms with Crippen molar-refractivity contribution in [1.82, 2.24) is 0 Å². The van der Waals surface area contributed by atoms with Gasteiger partial charge in [0.25, 0.3) is 0 Å². The van der Waals surface area contributed by atoms with Crippen LogP contribution in [0.4, 0.5) is 0 Å². The fraction of sp³-hybridized carbons (Fsp3) is 0.158. The Morgan fingerprint density at radius 2 is 1.24 bits per heavy atom. The van der Waals surface area contributed by atoms with Crippen molar-refractivity contribution in [2.75, 3.05) is 13.2 Å². The van der Waals surface area contributed by atoms with E-state index in [1.807, 2.05) is 30.3 Å². The number of aliphatic hydroxyl groups excluding tert-OH is 2. The summed E-state index contributed by atoms with van der Waals surface area (Å²) < 4.78 is 0. The highest BCUT2D eigenvalue weighted by atomic mass is 16.4. The second-order valence-corrected chi connectivity index (χ2v) is 5.05. The van der Waals surface area contributed by atoms with Gasteiger partial charge in [-0.1, -0.05) is 60.7 Å². The van der Waals surface area contributed by atoms with Gasteiger partial charge in [-0.3, -0.25) is 0 Å². The fourth-order valence-electron chi connectivity index (χ4n) is 1.92. The Labute approximate surface area is 145 Å². The Morgan fingerprint density at radius 3 is 1.64 bits per heavy atom. The zero-order valence-electron chi connectivity index (χ0n) is 13.4. The third kappa shape index (κ3) is 6.99. The van der Waals surface area contributed by atoms with Gasteiger partial charge in [0, 0.05) is 5.92 Å². The molecule has 2 aromatic rings. The molecule has 0 amide bonds. The number of aliphatic hydroxyl groups is 2. The summed E-state index contributed by atoms with van der Waals surface area (Å²) in [6.07, 6.45) is 1.12. The Bertz CT molecular complexity index is 674. The van der Waals surface area contributed by atoms with Crippen LogP contribution in [0.3, 0.4) is 0 Å². The van der Waals surface area contributed by atoms with Crippen LogP contribution in [0.25, 0.3) is 6.08 Å². The molecule has 132 valence electrons. The van der Waals surface area contributed by atoms with Crippen LogP contribution in [-0.2, 0) is 9.59 Å². The molecule has 0 saturated heterocycles. The Hall–Kier alpha value is -2.96. The summed E-state index contributed by atoms with van der Waals surface area (Å²) in [5.41, 5.74) is 0.890. The summed E-state index contributed by atoms with van der Waals surface area (Å²) in [5.74, 6) is -3.01. The first-order valence-electron chi connectivity index (χ1n) is 7.49. The number of aliphatic carboxylic acids is 2. The Balaban J connectivity index is 0.000000257. The Morgan fingerprint density at radius 1 is 0.800 bits per heavy atom. The van der Waals surface area contributed by atoms with E-state index in [0.717, 1.165) is 11.6 Å². The van der Waals surface area contributed by atoms with Crippen molar-refractivity contribution in [2.45, 2.75) is 5.92 Å². The van der Waals surface area contributed by atoms with E-state index >= 15 is 0 Å². The van der Waals surface area contributed by atoms with Crippen LogP contribution in [0.2, 0.25) is 0 Å². The van der Waals surface area contributed by atoms with Crippen molar-refractivity contribution < 1.29 is 30.0 Å². The molecule has 0 bridgehead atoms. The predicted octanol–water partition coefficient (Wildman–Crippen LogP) is 1.99. The first-order chi connectivity index (χ1) is 12.0. The normalized spacial score (nSPS) is 9.72. The average Bonchev–Trinajstić information content (AvgIpc) is 2.62. The molecule has 6 nitrogen and oxygen atoms in total. The van der Waals surface area contributed by atoms with Gasteiger partial charge in [0.15, 0.2) is 0 Å². The van der Waals surface area contributed by atoms with E-state index in [1.54, 1.807) is 30.3 Å². The monoisotopic (exact) mass is 344 g/mol. The lowest BCUT2D eigenvalue weighted by Gasteiger charge is -2.09. The van der Waals surface area contributed by atoms with Gasteiger partial charge in [0.1, 0.15) is 5.57 Å². The van der Waals surface area contributed by atoms with Gasteiger partial charge in [-0.25, -0.2) is 9.59 Å². The molecule has 0 saturated carbocycles. The number of carboxylic acid groups (broad SMARTS) is 2. The van der Waals surface area contributed by atoms with E-state index in [4.69, 9.17) is 20.4 Å². The van der Waals surface area contributed by atoms with E-state index < -0.39 is 17.5 Å². The molecule has 0 unspecified atom stereocenters. The van der Waals surface area contributed by atoms with E-state index in [-0.39, 0.29) is 19.1 Å². The molecule has 0 aliphatic heterocycles. The number of benzene rings is 2. The Kier molecular flexibility index (Phi) is 8.63. The highest BCUT2D eigenvalue weighted by Crippen LogP contribution is 2.12. The second-order valence-electron chi connectivity index (χ2n) is 5.05. The molecule has 0 spiro atoms. The van der Waals surface area contributed by atoms with Crippen molar-refractivity contribution in [1.29, 1.82) is 0 Å². The van der Waals surface area contributed by atoms with Gasteiger partial charge in [-0.05, 0) is 17.2 Å². The van der Waals surface area contributed by atoms with E-state index in [0.29, 0.717) is 5.56 Å². The number of hydrogen-bond donors (Lipinski definition) is 4. The molecule has 0 atom stereocenters. The highest BCUT2D eigenvalue weighted by molar-refractivity contribution is 6.16. The third-order valence-corrected chi connectivity index (χ3v) is 3.28. The molecular weight excluding hydrogens is 324 g/mol. The van der Waals surface area contributed by atoms with Crippen molar-refractivity contribution in [3.8, 4) is 0 Å². The molecular formula is C19H20O6. The minimum absolute atomic E-state index is 0.000509. The number of carbonyl (C=O) groups is 2. The van der Waals surface area contributed by atoms with E-state index in [1.165, 1.54) is 0 Å². The van der Waals surface area contributed by atoms with Crippen LogP contribution in [0, 0.1) is 0 Å². The number of hydrogen-bond acceptors (Lipinski definition) is 4. The fourth-order valence-corrected chi connectivity index (χ4v) is 1.92. The predicted molar refractivity (Wildman–Crippen MR) is 93.0 cm³/mol. The zero-order valence-corrected chi connectivity index (χ0v) is 13.4. The second kappa shape index (κ2) is 10.7. The van der Waals surface area contributed by atoms with Crippen LogP contribution in [0.15, 0.2) is 66.2 Å². The molecule has 6 heteroatoms. The molecule has 0 aliphatic rings. The summed E-state index contributed by atoms with van der Waals surface area (Å²) in [5, 5.41) is 34.8. The first-order valence-corrected chi connectivity index (χ1v) is 7.49. The zero-order chi connectivity index (χ0) is 18.7. The molecule has 0 aliphatic carbocycles. The lowest BCUT2D eigenvalue weighted by atomic mass is 10.0. The summed E-state index contributed by atoms with van der Waals surface area (Å²) in [7, 11) is 0. The third-order valence-electron chi connectivity index (χ3n) is 3.28. The topological polar surface area (TPSA) is 115 Å². The summed E-state index contributed by atoms with van der Waals surface area (Å²) in [4.78, 5) is 21.0. The summed E-state index contributed by atoms with van der Waals surface area (Å²) in [6.45, 7) is 0.00102. The van der Waals surface area contributed by atoms with Gasteiger partial charge in [-0.15, -0.1) is 0 Å². The largest absolute Gasteiger partial charge is 0.477 e. The number of rotatable bonds is 6. The molecule has 0 radical (unpaired) electrons.